The molecule has 9 heteroatoms. The van der Waals surface area contributed by atoms with E-state index in [9.17, 15) is 9.59 Å². The molecule has 1 aromatic carbocycles. The molecule has 2 aromatic heterocycles. The van der Waals surface area contributed by atoms with E-state index in [2.05, 4.69) is 27.2 Å². The van der Waals surface area contributed by atoms with E-state index in [1.807, 2.05) is 24.3 Å². The van der Waals surface area contributed by atoms with Gasteiger partial charge >= 0.3 is 0 Å². The molecule has 0 aliphatic carbocycles. The minimum atomic E-state index is -0.142. The predicted octanol–water partition coefficient (Wildman–Crippen LogP) is 2.97. The Bertz CT molecular complexity index is 1100. The number of nitrogens with one attached hydrogen (secondary N) is 1. The molecule has 0 atom stereocenters. The van der Waals surface area contributed by atoms with Crippen molar-refractivity contribution in [2.75, 3.05) is 30.4 Å². The number of aromatic nitrogens is 3. The van der Waals surface area contributed by atoms with E-state index in [1.54, 1.807) is 13.2 Å². The number of fused-ring (bicyclic) bond motifs is 1. The number of hydrogen-bond acceptors (Lipinski definition) is 7. The first kappa shape index (κ1) is 20.3. The monoisotopic (exact) mass is 427 g/mol. The zero-order valence-electron chi connectivity index (χ0n) is 17.1. The Morgan fingerprint density at radius 1 is 1.30 bits per heavy atom. The number of rotatable bonds is 6. The fourth-order valence-corrected chi connectivity index (χ4v) is 4.65. The van der Waals surface area contributed by atoms with E-state index >= 15 is 0 Å². The summed E-state index contributed by atoms with van der Waals surface area (Å²) >= 11 is 1.42. The lowest BCUT2D eigenvalue weighted by molar-refractivity contribution is -0.120. The first-order valence-corrected chi connectivity index (χ1v) is 11.0. The van der Waals surface area contributed by atoms with Gasteiger partial charge in [0.05, 0.1) is 12.8 Å². The van der Waals surface area contributed by atoms with Crippen LogP contribution < -0.4 is 20.5 Å². The fraction of sp³-hybridized carbons (Fsp3) is 0.429. The number of benzene rings is 1. The third-order valence-electron chi connectivity index (χ3n) is 5.29. The van der Waals surface area contributed by atoms with Crippen LogP contribution in [0.1, 0.15) is 31.9 Å². The van der Waals surface area contributed by atoms with Gasteiger partial charge in [-0.3, -0.25) is 9.59 Å². The van der Waals surface area contributed by atoms with Crippen molar-refractivity contribution in [2.45, 2.75) is 32.6 Å². The third kappa shape index (κ3) is 4.16. The van der Waals surface area contributed by atoms with Crippen LogP contribution in [0, 0.1) is 5.92 Å². The molecule has 0 unspecified atom stereocenters. The Morgan fingerprint density at radius 3 is 2.80 bits per heavy atom. The van der Waals surface area contributed by atoms with Crippen molar-refractivity contribution in [3.05, 3.63) is 46.4 Å². The molecule has 4 rings (SSSR count). The van der Waals surface area contributed by atoms with Crippen LogP contribution >= 0.6 is 11.3 Å². The van der Waals surface area contributed by atoms with Gasteiger partial charge in [0.25, 0.3) is 5.56 Å². The standard InChI is InChI=1S/C21H25N5O3S/c1-3-6-15-13-18(27)26-20(22-15)30-21(24-26)25-11-9-14(10-12-25)19(28)23-16-7-4-5-8-17(16)29-2/h4-5,7-8,13-14H,3,6,9-12H2,1-2H3,(H,23,28). The molecule has 3 aromatic rings. The SMILES string of the molecule is CCCc1cc(=O)n2nc(N3CCC(C(=O)Nc4ccccc4OC)CC3)sc2n1. The van der Waals surface area contributed by atoms with Crippen LogP contribution in [0.25, 0.3) is 4.96 Å². The Kier molecular flexibility index (Phi) is 5.98. The molecule has 0 radical (unpaired) electrons. The number of anilines is 2. The minimum absolute atomic E-state index is 0.00513. The average molecular weight is 428 g/mol. The Morgan fingerprint density at radius 2 is 2.07 bits per heavy atom. The number of piperidine rings is 1. The summed E-state index contributed by atoms with van der Waals surface area (Å²) in [5.41, 5.74) is 1.35. The van der Waals surface area contributed by atoms with Crippen molar-refractivity contribution in [3.8, 4) is 5.75 Å². The van der Waals surface area contributed by atoms with Crippen LogP contribution in [0.15, 0.2) is 35.1 Å². The summed E-state index contributed by atoms with van der Waals surface area (Å²) in [5, 5.41) is 8.22. The van der Waals surface area contributed by atoms with Gasteiger partial charge in [-0.25, -0.2) is 4.98 Å². The van der Waals surface area contributed by atoms with Crippen molar-refractivity contribution in [2.24, 2.45) is 5.92 Å². The predicted molar refractivity (Wildman–Crippen MR) is 118 cm³/mol. The minimum Gasteiger partial charge on any atom is -0.495 e. The van der Waals surface area contributed by atoms with E-state index in [-0.39, 0.29) is 17.4 Å². The molecule has 0 bridgehead atoms. The van der Waals surface area contributed by atoms with Gasteiger partial charge in [-0.1, -0.05) is 36.8 Å². The highest BCUT2D eigenvalue weighted by molar-refractivity contribution is 7.20. The van der Waals surface area contributed by atoms with E-state index < -0.39 is 0 Å². The molecule has 8 nitrogen and oxygen atoms in total. The molecule has 3 heterocycles. The molecule has 1 amide bonds. The molecule has 0 spiro atoms. The third-order valence-corrected chi connectivity index (χ3v) is 6.26. The van der Waals surface area contributed by atoms with Crippen LogP contribution in [-0.4, -0.2) is 40.7 Å². The smallest absolute Gasteiger partial charge is 0.275 e. The van der Waals surface area contributed by atoms with Crippen molar-refractivity contribution in [1.29, 1.82) is 0 Å². The number of carbonyl (C=O) groups excluding carboxylic acids is 1. The normalized spacial score (nSPS) is 14.8. The van der Waals surface area contributed by atoms with Gasteiger partial charge in [-0.05, 0) is 31.4 Å². The topological polar surface area (TPSA) is 88.8 Å². The highest BCUT2D eigenvalue weighted by Gasteiger charge is 2.27. The van der Waals surface area contributed by atoms with Gasteiger partial charge < -0.3 is 15.0 Å². The van der Waals surface area contributed by atoms with Crippen molar-refractivity contribution >= 4 is 33.0 Å². The maximum absolute atomic E-state index is 12.7. The summed E-state index contributed by atoms with van der Waals surface area (Å²) in [4.78, 5) is 32.3. The maximum atomic E-state index is 12.7. The summed E-state index contributed by atoms with van der Waals surface area (Å²) < 4.78 is 6.68. The molecule has 1 N–H and O–H groups in total. The van der Waals surface area contributed by atoms with Gasteiger partial charge in [0.1, 0.15) is 5.75 Å². The highest BCUT2D eigenvalue weighted by Crippen LogP contribution is 2.29. The van der Waals surface area contributed by atoms with Gasteiger partial charge in [-0.2, -0.15) is 4.52 Å². The molecule has 30 heavy (non-hydrogen) atoms. The molecule has 1 saturated heterocycles. The number of nitrogens with zero attached hydrogens (tertiary/aromatic N) is 4. The highest BCUT2D eigenvalue weighted by atomic mass is 32.1. The number of methoxy groups -OCH3 is 1. The van der Waals surface area contributed by atoms with Crippen LogP contribution in [0.5, 0.6) is 5.75 Å². The van der Waals surface area contributed by atoms with Crippen LogP contribution in [-0.2, 0) is 11.2 Å². The molecule has 1 aliphatic heterocycles. The summed E-state index contributed by atoms with van der Waals surface area (Å²) in [6.45, 7) is 3.48. The van der Waals surface area contributed by atoms with E-state index in [0.717, 1.165) is 36.5 Å². The van der Waals surface area contributed by atoms with Crippen LogP contribution in [0.2, 0.25) is 0 Å². The zero-order chi connectivity index (χ0) is 21.1. The molecular formula is C21H25N5O3S. The fourth-order valence-electron chi connectivity index (χ4n) is 3.67. The molecule has 1 fully saturated rings. The number of para-hydroxylation sites is 2. The van der Waals surface area contributed by atoms with Gasteiger partial charge in [0.2, 0.25) is 16.0 Å². The second kappa shape index (κ2) is 8.83. The first-order chi connectivity index (χ1) is 14.6. The number of carbonyl (C=O) groups is 1. The zero-order valence-corrected chi connectivity index (χ0v) is 17.9. The lowest BCUT2D eigenvalue weighted by atomic mass is 9.96. The first-order valence-electron chi connectivity index (χ1n) is 10.2. The summed E-state index contributed by atoms with van der Waals surface area (Å²) in [6.07, 6.45) is 3.17. The summed E-state index contributed by atoms with van der Waals surface area (Å²) in [7, 11) is 1.59. The number of hydrogen-bond donors (Lipinski definition) is 1. The lowest BCUT2D eigenvalue weighted by Gasteiger charge is -2.30. The Balaban J connectivity index is 1.42. The molecular weight excluding hydrogens is 402 g/mol. The molecule has 0 saturated carbocycles. The number of amides is 1. The Hall–Kier alpha value is -2.94. The second-order valence-corrected chi connectivity index (χ2v) is 8.30. The Labute approximate surface area is 178 Å². The van der Waals surface area contributed by atoms with E-state index in [0.29, 0.717) is 29.5 Å². The van der Waals surface area contributed by atoms with E-state index in [1.165, 1.54) is 15.9 Å². The lowest BCUT2D eigenvalue weighted by Crippen LogP contribution is -2.38. The average Bonchev–Trinajstić information content (AvgIpc) is 3.19. The van der Waals surface area contributed by atoms with Gasteiger partial charge in [0, 0.05) is 30.8 Å². The molecule has 1 aliphatic rings. The number of ether oxygens (including phenoxy) is 1. The van der Waals surface area contributed by atoms with Gasteiger partial charge in [0.15, 0.2) is 0 Å². The van der Waals surface area contributed by atoms with Crippen molar-refractivity contribution in [1.82, 2.24) is 14.6 Å². The molecule has 158 valence electrons. The van der Waals surface area contributed by atoms with Crippen LogP contribution in [0.3, 0.4) is 0 Å². The number of aryl methyl sites for hydroxylation is 1. The van der Waals surface area contributed by atoms with Crippen molar-refractivity contribution in [3.63, 3.8) is 0 Å². The summed E-state index contributed by atoms with van der Waals surface area (Å²) in [6, 6.07) is 8.97. The maximum Gasteiger partial charge on any atom is 0.275 e. The van der Waals surface area contributed by atoms with Crippen LogP contribution in [0.4, 0.5) is 10.8 Å². The largest absolute Gasteiger partial charge is 0.495 e. The summed E-state index contributed by atoms with van der Waals surface area (Å²) in [5.74, 6) is 0.584. The second-order valence-electron chi connectivity index (χ2n) is 7.37. The van der Waals surface area contributed by atoms with E-state index in [4.69, 9.17) is 4.74 Å². The quantitative estimate of drug-likeness (QED) is 0.651. The van der Waals surface area contributed by atoms with Gasteiger partial charge in [-0.15, -0.1) is 5.10 Å². The van der Waals surface area contributed by atoms with Crippen molar-refractivity contribution < 1.29 is 9.53 Å².